The molecule has 1 heterocycles. The molecule has 0 fully saturated rings. The van der Waals surface area contributed by atoms with Crippen molar-refractivity contribution in [1.29, 1.82) is 0 Å². The first-order valence-electron chi connectivity index (χ1n) is 8.10. The normalized spacial score (nSPS) is 11.5. The summed E-state index contributed by atoms with van der Waals surface area (Å²) in [6.45, 7) is 0.546. The quantitative estimate of drug-likeness (QED) is 0.494. The first-order valence-corrected chi connectivity index (χ1v) is 9.54. The van der Waals surface area contributed by atoms with Gasteiger partial charge in [-0.1, -0.05) is 60.7 Å². The van der Waals surface area contributed by atoms with Gasteiger partial charge in [-0.2, -0.15) is 4.31 Å². The van der Waals surface area contributed by atoms with Gasteiger partial charge < -0.3 is 5.43 Å². The molecule has 134 valence electrons. The molecule has 0 aliphatic carbocycles. The van der Waals surface area contributed by atoms with E-state index in [1.165, 1.54) is 22.6 Å². The van der Waals surface area contributed by atoms with E-state index in [0.29, 0.717) is 5.82 Å². The number of rotatable bonds is 7. The van der Waals surface area contributed by atoms with E-state index in [9.17, 15) is 8.42 Å². The Hall–Kier alpha value is -2.74. The molecule has 0 aliphatic rings. The molecule has 0 saturated heterocycles. The zero-order valence-electron chi connectivity index (χ0n) is 14.1. The Bertz CT molecular complexity index is 889. The molecule has 0 saturated carbocycles. The molecule has 6 nitrogen and oxygen atoms in total. The van der Waals surface area contributed by atoms with E-state index in [4.69, 9.17) is 5.84 Å². The van der Waals surface area contributed by atoms with Gasteiger partial charge in [0, 0.05) is 19.3 Å². The van der Waals surface area contributed by atoms with Crippen molar-refractivity contribution in [3.63, 3.8) is 0 Å². The van der Waals surface area contributed by atoms with Crippen LogP contribution in [0.25, 0.3) is 0 Å². The molecule has 26 heavy (non-hydrogen) atoms. The third-order valence-corrected chi connectivity index (χ3v) is 5.70. The van der Waals surface area contributed by atoms with Gasteiger partial charge in [-0.25, -0.2) is 19.2 Å². The number of nitrogen functional groups attached to an aromatic ring is 1. The molecule has 2 aromatic carbocycles. The monoisotopic (exact) mass is 368 g/mol. The fraction of sp³-hybridized carbons (Fsp3) is 0.105. The van der Waals surface area contributed by atoms with Gasteiger partial charge in [0.2, 0.25) is 10.0 Å². The molecule has 0 bridgehead atoms. The third-order valence-electron chi connectivity index (χ3n) is 3.93. The van der Waals surface area contributed by atoms with E-state index in [-0.39, 0.29) is 18.0 Å². The van der Waals surface area contributed by atoms with Gasteiger partial charge in [-0.3, -0.25) is 0 Å². The van der Waals surface area contributed by atoms with Crippen LogP contribution >= 0.6 is 0 Å². The van der Waals surface area contributed by atoms with Crippen molar-refractivity contribution in [3.8, 4) is 0 Å². The number of nitrogens with two attached hydrogens (primary N) is 1. The van der Waals surface area contributed by atoms with Crippen LogP contribution in [0.2, 0.25) is 0 Å². The number of nitrogens with zero attached hydrogens (tertiary/aromatic N) is 2. The van der Waals surface area contributed by atoms with Gasteiger partial charge in [0.15, 0.2) is 0 Å². The van der Waals surface area contributed by atoms with Crippen LogP contribution in [0.4, 0.5) is 5.82 Å². The number of hydrazine groups is 1. The van der Waals surface area contributed by atoms with Crippen LogP contribution in [0.3, 0.4) is 0 Å². The average molecular weight is 368 g/mol. The molecule has 0 atom stereocenters. The summed E-state index contributed by atoms with van der Waals surface area (Å²) >= 11 is 0. The molecule has 3 aromatic rings. The minimum atomic E-state index is -3.72. The second-order valence-electron chi connectivity index (χ2n) is 5.77. The van der Waals surface area contributed by atoms with Crippen molar-refractivity contribution in [2.45, 2.75) is 18.0 Å². The molecular weight excluding hydrogens is 348 g/mol. The van der Waals surface area contributed by atoms with Crippen LogP contribution < -0.4 is 11.3 Å². The maximum absolute atomic E-state index is 13.2. The third kappa shape index (κ3) is 4.26. The summed E-state index contributed by atoms with van der Waals surface area (Å²) in [5.41, 5.74) is 4.23. The number of benzene rings is 2. The zero-order chi connectivity index (χ0) is 18.4. The fourth-order valence-corrected chi connectivity index (χ4v) is 3.93. The number of pyridine rings is 1. The van der Waals surface area contributed by atoms with E-state index in [0.717, 1.165) is 11.1 Å². The molecule has 3 N–H and O–H groups in total. The number of hydrogen-bond donors (Lipinski definition) is 2. The van der Waals surface area contributed by atoms with Crippen molar-refractivity contribution in [2.24, 2.45) is 5.84 Å². The molecule has 0 unspecified atom stereocenters. The maximum atomic E-state index is 13.2. The highest BCUT2D eigenvalue weighted by Gasteiger charge is 2.25. The highest BCUT2D eigenvalue weighted by Crippen LogP contribution is 2.21. The van der Waals surface area contributed by atoms with Crippen molar-refractivity contribution in [1.82, 2.24) is 9.29 Å². The number of nitrogens with one attached hydrogen (secondary N) is 1. The van der Waals surface area contributed by atoms with Gasteiger partial charge in [0.25, 0.3) is 0 Å². The smallest absolute Gasteiger partial charge is 0.245 e. The van der Waals surface area contributed by atoms with Gasteiger partial charge in [0.05, 0.1) is 0 Å². The van der Waals surface area contributed by atoms with Crippen molar-refractivity contribution in [3.05, 3.63) is 90.1 Å². The lowest BCUT2D eigenvalue weighted by atomic mass is 10.2. The lowest BCUT2D eigenvalue weighted by Crippen LogP contribution is -2.30. The van der Waals surface area contributed by atoms with Gasteiger partial charge in [0.1, 0.15) is 10.7 Å². The summed E-state index contributed by atoms with van der Waals surface area (Å²) in [5.74, 6) is 5.71. The molecule has 1 aromatic heterocycles. The van der Waals surface area contributed by atoms with E-state index < -0.39 is 10.0 Å². The zero-order valence-corrected chi connectivity index (χ0v) is 14.9. The number of aromatic nitrogens is 1. The summed E-state index contributed by atoms with van der Waals surface area (Å²) in [4.78, 5) is 4.15. The van der Waals surface area contributed by atoms with E-state index in [2.05, 4.69) is 10.4 Å². The second kappa shape index (κ2) is 8.09. The Balaban J connectivity index is 1.94. The second-order valence-corrected chi connectivity index (χ2v) is 7.71. The van der Waals surface area contributed by atoms with Crippen LogP contribution in [0.15, 0.2) is 83.9 Å². The number of anilines is 1. The molecule has 0 amide bonds. The van der Waals surface area contributed by atoms with E-state index in [1.807, 2.05) is 60.7 Å². The van der Waals surface area contributed by atoms with E-state index in [1.54, 1.807) is 0 Å². The lowest BCUT2D eigenvalue weighted by Gasteiger charge is -2.22. The first kappa shape index (κ1) is 18.1. The van der Waals surface area contributed by atoms with Crippen LogP contribution in [0, 0.1) is 0 Å². The topological polar surface area (TPSA) is 88.3 Å². The number of sulfonamides is 1. The minimum Gasteiger partial charge on any atom is -0.308 e. The Labute approximate surface area is 153 Å². The van der Waals surface area contributed by atoms with Crippen LogP contribution in [0.1, 0.15) is 11.1 Å². The Kier molecular flexibility index (Phi) is 5.62. The van der Waals surface area contributed by atoms with Crippen LogP contribution in [-0.2, 0) is 23.1 Å². The largest absolute Gasteiger partial charge is 0.308 e. The van der Waals surface area contributed by atoms with Crippen LogP contribution in [0.5, 0.6) is 0 Å². The molecule has 0 aliphatic heterocycles. The first-order chi connectivity index (χ1) is 12.6. The van der Waals surface area contributed by atoms with Crippen molar-refractivity contribution >= 4 is 15.8 Å². The molecule has 0 spiro atoms. The number of hydrogen-bond acceptors (Lipinski definition) is 5. The molecule has 3 rings (SSSR count). The SMILES string of the molecule is NNc1ccc(S(=O)(=O)N(Cc2ccccc2)Cc2ccccc2)cn1. The van der Waals surface area contributed by atoms with Gasteiger partial charge >= 0.3 is 0 Å². The van der Waals surface area contributed by atoms with E-state index >= 15 is 0 Å². The van der Waals surface area contributed by atoms with Crippen molar-refractivity contribution < 1.29 is 8.42 Å². The summed E-state index contributed by atoms with van der Waals surface area (Å²) < 4.78 is 27.8. The maximum Gasteiger partial charge on any atom is 0.245 e. The predicted octanol–water partition coefficient (Wildman–Crippen LogP) is 2.76. The van der Waals surface area contributed by atoms with Crippen molar-refractivity contribution in [2.75, 3.05) is 5.43 Å². The Morgan fingerprint density at radius 1 is 0.846 bits per heavy atom. The van der Waals surface area contributed by atoms with Crippen LogP contribution in [-0.4, -0.2) is 17.7 Å². The lowest BCUT2D eigenvalue weighted by molar-refractivity contribution is 0.401. The minimum absolute atomic E-state index is 0.128. The summed E-state index contributed by atoms with van der Waals surface area (Å²) in [5, 5.41) is 0. The highest BCUT2D eigenvalue weighted by molar-refractivity contribution is 7.89. The summed E-state index contributed by atoms with van der Waals surface area (Å²) in [7, 11) is -3.72. The average Bonchev–Trinajstić information content (AvgIpc) is 2.69. The van der Waals surface area contributed by atoms with Gasteiger partial charge in [-0.15, -0.1) is 0 Å². The molecular formula is C19H20N4O2S. The molecule has 7 heteroatoms. The fourth-order valence-electron chi connectivity index (χ4n) is 2.57. The Morgan fingerprint density at radius 2 is 1.38 bits per heavy atom. The highest BCUT2D eigenvalue weighted by atomic mass is 32.2. The molecule has 0 radical (unpaired) electrons. The summed E-state index contributed by atoms with van der Waals surface area (Å²) in [6, 6.07) is 22.1. The standard InChI is InChI=1S/C19H20N4O2S/c20-22-19-12-11-18(13-21-19)26(24,25)23(14-16-7-3-1-4-8-16)15-17-9-5-2-6-10-17/h1-13H,14-15,20H2,(H,21,22). The summed E-state index contributed by atoms with van der Waals surface area (Å²) in [6.07, 6.45) is 1.31. The van der Waals surface area contributed by atoms with Gasteiger partial charge in [-0.05, 0) is 23.3 Å². The Morgan fingerprint density at radius 3 is 1.81 bits per heavy atom. The predicted molar refractivity (Wildman–Crippen MR) is 101 cm³/mol.